The molecule has 134 valence electrons. The van der Waals surface area contributed by atoms with Gasteiger partial charge in [-0.05, 0) is 47.7 Å². The third-order valence-electron chi connectivity index (χ3n) is 3.76. The molecule has 0 spiro atoms. The van der Waals surface area contributed by atoms with Crippen LogP contribution in [0.5, 0.6) is 0 Å². The van der Waals surface area contributed by atoms with E-state index in [4.69, 9.17) is 0 Å². The number of carbonyl (C=O) groups is 1. The third kappa shape index (κ3) is 5.41. The topological polar surface area (TPSA) is 75.3 Å². The van der Waals surface area contributed by atoms with Gasteiger partial charge < -0.3 is 5.32 Å². The molecule has 2 rings (SSSR count). The zero-order valence-electron chi connectivity index (χ0n) is 15.0. The number of hydrogen-bond donors (Lipinski definition) is 2. The number of aryl methyl sites for hydroxylation is 1. The summed E-state index contributed by atoms with van der Waals surface area (Å²) in [7, 11) is -3.71. The van der Waals surface area contributed by atoms with Crippen molar-refractivity contribution in [2.24, 2.45) is 0 Å². The highest BCUT2D eigenvalue weighted by Crippen LogP contribution is 2.23. The van der Waals surface area contributed by atoms with Crippen LogP contribution in [-0.2, 0) is 20.2 Å². The lowest BCUT2D eigenvalue weighted by Crippen LogP contribution is -2.32. The number of nitrogens with one attached hydrogen (secondary N) is 2. The molecule has 25 heavy (non-hydrogen) atoms. The smallest absolute Gasteiger partial charge is 0.241 e. The highest BCUT2D eigenvalue weighted by Gasteiger charge is 2.16. The van der Waals surface area contributed by atoms with E-state index in [9.17, 15) is 13.2 Å². The van der Waals surface area contributed by atoms with E-state index < -0.39 is 15.9 Å². The van der Waals surface area contributed by atoms with Crippen LogP contribution in [0.15, 0.2) is 53.4 Å². The fourth-order valence-corrected chi connectivity index (χ4v) is 3.37. The van der Waals surface area contributed by atoms with Gasteiger partial charge in [0.15, 0.2) is 0 Å². The minimum absolute atomic E-state index is 0.0337. The van der Waals surface area contributed by atoms with Gasteiger partial charge in [0.2, 0.25) is 15.9 Å². The second-order valence-corrected chi connectivity index (χ2v) is 8.78. The highest BCUT2D eigenvalue weighted by atomic mass is 32.2. The quantitative estimate of drug-likeness (QED) is 0.860. The van der Waals surface area contributed by atoms with Crippen molar-refractivity contribution in [1.29, 1.82) is 0 Å². The van der Waals surface area contributed by atoms with Gasteiger partial charge in [-0.3, -0.25) is 4.79 Å². The Morgan fingerprint density at radius 2 is 1.68 bits per heavy atom. The van der Waals surface area contributed by atoms with Crippen molar-refractivity contribution in [3.8, 4) is 0 Å². The van der Waals surface area contributed by atoms with Crippen molar-refractivity contribution in [2.75, 3.05) is 11.9 Å². The summed E-state index contributed by atoms with van der Waals surface area (Å²) < 4.78 is 26.7. The second-order valence-electron chi connectivity index (χ2n) is 7.02. The van der Waals surface area contributed by atoms with Crippen molar-refractivity contribution in [3.05, 3.63) is 59.7 Å². The lowest BCUT2D eigenvalue weighted by Gasteiger charge is -2.19. The normalized spacial score (nSPS) is 12.0. The van der Waals surface area contributed by atoms with E-state index in [1.807, 2.05) is 37.3 Å². The predicted molar refractivity (Wildman–Crippen MR) is 100 cm³/mol. The van der Waals surface area contributed by atoms with Gasteiger partial charge in [0, 0.05) is 5.69 Å². The third-order valence-corrected chi connectivity index (χ3v) is 5.16. The zero-order valence-corrected chi connectivity index (χ0v) is 15.8. The van der Waals surface area contributed by atoms with Crippen molar-refractivity contribution >= 4 is 21.6 Å². The second kappa shape index (κ2) is 7.37. The summed E-state index contributed by atoms with van der Waals surface area (Å²) in [5.41, 5.74) is 2.66. The first-order valence-corrected chi connectivity index (χ1v) is 9.53. The molecule has 0 radical (unpaired) electrons. The summed E-state index contributed by atoms with van der Waals surface area (Å²) in [6.45, 7) is 7.83. The number of amides is 1. The minimum Gasteiger partial charge on any atom is -0.325 e. The van der Waals surface area contributed by atoms with Gasteiger partial charge in [-0.25, -0.2) is 13.1 Å². The Morgan fingerprint density at radius 3 is 2.24 bits per heavy atom. The van der Waals surface area contributed by atoms with Crippen LogP contribution < -0.4 is 10.0 Å². The van der Waals surface area contributed by atoms with Crippen LogP contribution >= 0.6 is 0 Å². The summed E-state index contributed by atoms with van der Waals surface area (Å²) in [5, 5.41) is 2.69. The molecular weight excluding hydrogens is 336 g/mol. The Kier molecular flexibility index (Phi) is 5.65. The molecule has 0 heterocycles. The van der Waals surface area contributed by atoms with Crippen LogP contribution in [0.1, 0.15) is 31.9 Å². The standard InChI is InChI=1S/C19H24N2O3S/c1-14-6-5-7-17(12-14)25(23,24)20-13-18(22)21-16-10-8-15(9-11-16)19(2,3)4/h5-12,20H,13H2,1-4H3,(H,21,22). The maximum Gasteiger partial charge on any atom is 0.241 e. The first kappa shape index (κ1) is 19.1. The Bertz CT molecular complexity index is 851. The van der Waals surface area contributed by atoms with E-state index in [0.717, 1.165) is 11.1 Å². The SMILES string of the molecule is Cc1cccc(S(=O)(=O)NCC(=O)Nc2ccc(C(C)(C)C)cc2)c1. The van der Waals surface area contributed by atoms with Crippen molar-refractivity contribution < 1.29 is 13.2 Å². The van der Waals surface area contributed by atoms with E-state index in [2.05, 4.69) is 30.8 Å². The molecule has 0 bridgehead atoms. The van der Waals surface area contributed by atoms with Gasteiger partial charge in [-0.1, -0.05) is 45.0 Å². The molecule has 0 atom stereocenters. The molecule has 2 N–H and O–H groups in total. The Labute approximate surface area is 149 Å². The van der Waals surface area contributed by atoms with Gasteiger partial charge in [0.25, 0.3) is 0 Å². The summed E-state index contributed by atoms with van der Waals surface area (Å²) >= 11 is 0. The van der Waals surface area contributed by atoms with E-state index >= 15 is 0 Å². The van der Waals surface area contributed by atoms with Crippen molar-refractivity contribution in [3.63, 3.8) is 0 Å². The average molecular weight is 360 g/mol. The van der Waals surface area contributed by atoms with Gasteiger partial charge in [-0.2, -0.15) is 0 Å². The molecule has 0 saturated heterocycles. The molecule has 2 aromatic rings. The molecule has 2 aromatic carbocycles. The van der Waals surface area contributed by atoms with Crippen LogP contribution in [0.3, 0.4) is 0 Å². The van der Waals surface area contributed by atoms with E-state index in [0.29, 0.717) is 5.69 Å². The van der Waals surface area contributed by atoms with Gasteiger partial charge >= 0.3 is 0 Å². The predicted octanol–water partition coefficient (Wildman–Crippen LogP) is 3.21. The molecule has 0 aliphatic rings. The number of rotatable bonds is 5. The number of sulfonamides is 1. The molecule has 6 heteroatoms. The fraction of sp³-hybridized carbons (Fsp3) is 0.316. The largest absolute Gasteiger partial charge is 0.325 e. The van der Waals surface area contributed by atoms with E-state index in [-0.39, 0.29) is 16.9 Å². The molecule has 5 nitrogen and oxygen atoms in total. The van der Waals surface area contributed by atoms with Crippen LogP contribution in [0.4, 0.5) is 5.69 Å². The Morgan fingerprint density at radius 1 is 1.04 bits per heavy atom. The van der Waals surface area contributed by atoms with Crippen LogP contribution in [-0.4, -0.2) is 20.9 Å². The molecule has 0 aliphatic heterocycles. The molecule has 0 fully saturated rings. The first-order valence-electron chi connectivity index (χ1n) is 8.05. The van der Waals surface area contributed by atoms with E-state index in [1.165, 1.54) is 6.07 Å². The van der Waals surface area contributed by atoms with Crippen molar-refractivity contribution in [2.45, 2.75) is 38.0 Å². The maximum atomic E-state index is 12.2. The van der Waals surface area contributed by atoms with Gasteiger partial charge in [0.05, 0.1) is 11.4 Å². The van der Waals surface area contributed by atoms with Crippen LogP contribution in [0.2, 0.25) is 0 Å². The first-order chi connectivity index (χ1) is 11.6. The fourth-order valence-electron chi connectivity index (χ4n) is 2.29. The van der Waals surface area contributed by atoms with Gasteiger partial charge in [0.1, 0.15) is 0 Å². The molecule has 1 amide bonds. The Hall–Kier alpha value is -2.18. The summed E-state index contributed by atoms with van der Waals surface area (Å²) in [6.07, 6.45) is 0. The number of anilines is 1. The average Bonchev–Trinajstić information content (AvgIpc) is 2.53. The molecule has 0 aromatic heterocycles. The maximum absolute atomic E-state index is 12.2. The number of carbonyl (C=O) groups excluding carboxylic acids is 1. The lowest BCUT2D eigenvalue weighted by molar-refractivity contribution is -0.115. The van der Waals surface area contributed by atoms with Crippen LogP contribution in [0.25, 0.3) is 0 Å². The summed E-state index contributed by atoms with van der Waals surface area (Å²) in [6, 6.07) is 14.1. The summed E-state index contributed by atoms with van der Waals surface area (Å²) in [4.78, 5) is 12.1. The molecule has 0 aliphatic carbocycles. The molecular formula is C19H24N2O3S. The zero-order chi connectivity index (χ0) is 18.7. The lowest BCUT2D eigenvalue weighted by atomic mass is 9.87. The van der Waals surface area contributed by atoms with Gasteiger partial charge in [-0.15, -0.1) is 0 Å². The minimum atomic E-state index is -3.71. The molecule has 0 saturated carbocycles. The summed E-state index contributed by atoms with van der Waals surface area (Å²) in [5.74, 6) is -0.417. The number of benzene rings is 2. The number of hydrogen-bond acceptors (Lipinski definition) is 3. The van der Waals surface area contributed by atoms with E-state index in [1.54, 1.807) is 12.1 Å². The Balaban J connectivity index is 1.96. The van der Waals surface area contributed by atoms with Crippen LogP contribution in [0, 0.1) is 6.92 Å². The monoisotopic (exact) mass is 360 g/mol. The van der Waals surface area contributed by atoms with Crippen molar-refractivity contribution in [1.82, 2.24) is 4.72 Å². The highest BCUT2D eigenvalue weighted by molar-refractivity contribution is 7.89. The molecule has 0 unspecified atom stereocenters.